The highest BCUT2D eigenvalue weighted by atomic mass is 16.3. The molecule has 0 spiro atoms. The smallest absolute Gasteiger partial charge is 0.0485 e. The Labute approximate surface area is 69.2 Å². The van der Waals surface area contributed by atoms with Crippen molar-refractivity contribution in [1.29, 1.82) is 0 Å². The van der Waals surface area contributed by atoms with Crippen LogP contribution in [0.4, 0.5) is 0 Å². The molecule has 0 saturated carbocycles. The van der Waals surface area contributed by atoms with Crippen LogP contribution in [0.2, 0.25) is 0 Å². The highest BCUT2D eigenvalue weighted by Gasteiger charge is 2.23. The fraction of sp³-hybridized carbons (Fsp3) is 1.00. The first-order valence-electron chi connectivity index (χ1n) is 4.26. The zero-order valence-corrected chi connectivity index (χ0v) is 7.80. The van der Waals surface area contributed by atoms with Crippen LogP contribution in [0.25, 0.3) is 0 Å². The van der Waals surface area contributed by atoms with Gasteiger partial charge in [-0.3, -0.25) is 0 Å². The molecule has 11 heavy (non-hydrogen) atoms. The van der Waals surface area contributed by atoms with Gasteiger partial charge >= 0.3 is 0 Å². The maximum atomic E-state index is 9.05. The Bertz CT molecular complexity index is 102. The molecule has 2 heteroatoms. The van der Waals surface area contributed by atoms with E-state index in [2.05, 4.69) is 13.8 Å². The highest BCUT2D eigenvalue weighted by Crippen LogP contribution is 2.28. The van der Waals surface area contributed by atoms with Crippen molar-refractivity contribution >= 4 is 0 Å². The molecule has 0 rings (SSSR count). The van der Waals surface area contributed by atoms with E-state index >= 15 is 0 Å². The van der Waals surface area contributed by atoms with E-state index in [1.165, 1.54) is 0 Å². The second kappa shape index (κ2) is 4.73. The van der Waals surface area contributed by atoms with Crippen LogP contribution in [0, 0.1) is 11.3 Å². The Hall–Kier alpha value is -0.0800. The van der Waals surface area contributed by atoms with Gasteiger partial charge < -0.3 is 10.2 Å². The molecule has 0 aromatic rings. The summed E-state index contributed by atoms with van der Waals surface area (Å²) in [5.41, 5.74) is -0.0804. The molecule has 68 valence electrons. The molecule has 1 unspecified atom stereocenters. The molecule has 2 nitrogen and oxygen atoms in total. The third kappa shape index (κ3) is 4.38. The second-order valence-corrected chi connectivity index (χ2v) is 4.04. The summed E-state index contributed by atoms with van der Waals surface area (Å²) in [6.07, 6.45) is 1.67. The van der Waals surface area contributed by atoms with E-state index in [1.54, 1.807) is 0 Å². The molecule has 0 aliphatic rings. The Morgan fingerprint density at radius 2 is 1.82 bits per heavy atom. The maximum absolute atomic E-state index is 9.05. The molecule has 1 atom stereocenters. The number of hydrogen-bond donors (Lipinski definition) is 2. The largest absolute Gasteiger partial charge is 0.396 e. The lowest BCUT2D eigenvalue weighted by molar-refractivity contribution is 0.0864. The van der Waals surface area contributed by atoms with Crippen molar-refractivity contribution in [3.05, 3.63) is 0 Å². The number of aliphatic hydroxyl groups is 2. The van der Waals surface area contributed by atoms with E-state index in [1.807, 2.05) is 6.92 Å². The van der Waals surface area contributed by atoms with Gasteiger partial charge in [-0.2, -0.15) is 0 Å². The van der Waals surface area contributed by atoms with Crippen LogP contribution in [0.5, 0.6) is 0 Å². The summed E-state index contributed by atoms with van der Waals surface area (Å²) >= 11 is 0. The third-order valence-electron chi connectivity index (χ3n) is 2.00. The number of hydrogen-bond acceptors (Lipinski definition) is 2. The van der Waals surface area contributed by atoms with Gasteiger partial charge in [0.2, 0.25) is 0 Å². The lowest BCUT2D eigenvalue weighted by Crippen LogP contribution is -2.24. The minimum Gasteiger partial charge on any atom is -0.396 e. The molecule has 0 heterocycles. The van der Waals surface area contributed by atoms with E-state index in [4.69, 9.17) is 10.2 Å². The molecule has 0 radical (unpaired) electrons. The first-order valence-corrected chi connectivity index (χ1v) is 4.26. The maximum Gasteiger partial charge on any atom is 0.0485 e. The van der Waals surface area contributed by atoms with Crippen molar-refractivity contribution in [2.24, 2.45) is 11.3 Å². The second-order valence-electron chi connectivity index (χ2n) is 4.04. The average Bonchev–Trinajstić information content (AvgIpc) is 1.87. The lowest BCUT2D eigenvalue weighted by atomic mass is 9.80. The summed E-state index contributed by atoms with van der Waals surface area (Å²) in [5, 5.41) is 17.8. The SMILES string of the molecule is CC(C)CC(C)(CO)CCO. The average molecular weight is 160 g/mol. The molecule has 0 fully saturated rings. The topological polar surface area (TPSA) is 40.5 Å². The van der Waals surface area contributed by atoms with Gasteiger partial charge in [0.15, 0.2) is 0 Å². The molecule has 0 amide bonds. The first-order chi connectivity index (χ1) is 5.04. The molecule has 0 bridgehead atoms. The van der Waals surface area contributed by atoms with Crippen LogP contribution >= 0.6 is 0 Å². The highest BCUT2D eigenvalue weighted by molar-refractivity contribution is 4.74. The zero-order chi connectivity index (χ0) is 8.91. The predicted octanol–water partition coefficient (Wildman–Crippen LogP) is 1.41. The van der Waals surface area contributed by atoms with E-state index in [0.717, 1.165) is 6.42 Å². The van der Waals surface area contributed by atoms with Gasteiger partial charge in [0.1, 0.15) is 0 Å². The van der Waals surface area contributed by atoms with Crippen molar-refractivity contribution in [2.75, 3.05) is 13.2 Å². The van der Waals surface area contributed by atoms with Crippen molar-refractivity contribution in [2.45, 2.75) is 33.6 Å². The van der Waals surface area contributed by atoms with Gasteiger partial charge in [0.05, 0.1) is 0 Å². The van der Waals surface area contributed by atoms with Gasteiger partial charge in [-0.1, -0.05) is 20.8 Å². The summed E-state index contributed by atoms with van der Waals surface area (Å²) in [6, 6.07) is 0. The minimum atomic E-state index is -0.0804. The van der Waals surface area contributed by atoms with E-state index < -0.39 is 0 Å². The quantitative estimate of drug-likeness (QED) is 0.638. The zero-order valence-electron chi connectivity index (χ0n) is 7.80. The first kappa shape index (κ1) is 10.9. The summed E-state index contributed by atoms with van der Waals surface area (Å²) in [5.74, 6) is 0.582. The molecule has 2 N–H and O–H groups in total. The fourth-order valence-corrected chi connectivity index (χ4v) is 1.50. The lowest BCUT2D eigenvalue weighted by Gasteiger charge is -2.28. The molecule has 0 saturated heterocycles. The summed E-state index contributed by atoms with van der Waals surface area (Å²) in [7, 11) is 0. The van der Waals surface area contributed by atoms with Crippen molar-refractivity contribution in [3.8, 4) is 0 Å². The van der Waals surface area contributed by atoms with Gasteiger partial charge in [0, 0.05) is 13.2 Å². The third-order valence-corrected chi connectivity index (χ3v) is 2.00. The Morgan fingerprint density at radius 3 is 2.09 bits per heavy atom. The Morgan fingerprint density at radius 1 is 1.27 bits per heavy atom. The van der Waals surface area contributed by atoms with E-state index in [9.17, 15) is 0 Å². The monoisotopic (exact) mass is 160 g/mol. The normalized spacial score (nSPS) is 16.9. The van der Waals surface area contributed by atoms with Crippen molar-refractivity contribution < 1.29 is 10.2 Å². The molecule has 0 aliphatic carbocycles. The van der Waals surface area contributed by atoms with Crippen molar-refractivity contribution in [1.82, 2.24) is 0 Å². The molecule has 0 aromatic heterocycles. The molecule has 0 aromatic carbocycles. The molecular weight excluding hydrogens is 140 g/mol. The van der Waals surface area contributed by atoms with Crippen LogP contribution in [0.3, 0.4) is 0 Å². The Kier molecular flexibility index (Phi) is 4.69. The fourth-order valence-electron chi connectivity index (χ4n) is 1.50. The number of rotatable bonds is 5. The standard InChI is InChI=1S/C9H20O2/c1-8(2)6-9(3,7-11)4-5-10/h8,10-11H,4-7H2,1-3H3. The van der Waals surface area contributed by atoms with Crippen LogP contribution in [0.15, 0.2) is 0 Å². The van der Waals surface area contributed by atoms with Crippen molar-refractivity contribution in [3.63, 3.8) is 0 Å². The summed E-state index contributed by atoms with van der Waals surface area (Å²) < 4.78 is 0. The molecule has 0 aliphatic heterocycles. The van der Waals surface area contributed by atoms with Crippen LogP contribution in [0.1, 0.15) is 33.6 Å². The summed E-state index contributed by atoms with van der Waals surface area (Å²) in [4.78, 5) is 0. The minimum absolute atomic E-state index is 0.0804. The van der Waals surface area contributed by atoms with Crippen LogP contribution in [-0.4, -0.2) is 23.4 Å². The van der Waals surface area contributed by atoms with Crippen LogP contribution < -0.4 is 0 Å². The summed E-state index contributed by atoms with van der Waals surface area (Å²) in [6.45, 7) is 6.62. The van der Waals surface area contributed by atoms with Gasteiger partial charge in [-0.25, -0.2) is 0 Å². The Balaban J connectivity index is 3.87. The van der Waals surface area contributed by atoms with Gasteiger partial charge in [-0.05, 0) is 24.2 Å². The molecular formula is C9H20O2. The number of aliphatic hydroxyl groups excluding tert-OH is 2. The van der Waals surface area contributed by atoms with Crippen LogP contribution in [-0.2, 0) is 0 Å². The van der Waals surface area contributed by atoms with Gasteiger partial charge in [0.25, 0.3) is 0 Å². The van der Waals surface area contributed by atoms with E-state index in [0.29, 0.717) is 12.3 Å². The van der Waals surface area contributed by atoms with Gasteiger partial charge in [-0.15, -0.1) is 0 Å². The predicted molar refractivity (Wildman–Crippen MR) is 46.4 cm³/mol. The van der Waals surface area contributed by atoms with E-state index in [-0.39, 0.29) is 18.6 Å².